The number of rotatable bonds is 4. The molecule has 0 unspecified atom stereocenters. The van der Waals surface area contributed by atoms with Crippen LogP contribution in [0, 0.1) is 29.1 Å². The van der Waals surface area contributed by atoms with Crippen LogP contribution in [0.25, 0.3) is 5.65 Å². The van der Waals surface area contributed by atoms with Gasteiger partial charge in [-0.15, -0.1) is 10.2 Å². The second-order valence-electron chi connectivity index (χ2n) is 6.66. The number of nitrogens with zero attached hydrogens (tertiary/aromatic N) is 6. The number of nitriles is 1. The predicted octanol–water partition coefficient (Wildman–Crippen LogP) is 0.861. The number of amides is 1. The van der Waals surface area contributed by atoms with Crippen molar-refractivity contribution in [3.8, 4) is 6.07 Å². The molecule has 3 heterocycles. The van der Waals surface area contributed by atoms with Gasteiger partial charge in [0.1, 0.15) is 12.4 Å². The Kier molecular flexibility index (Phi) is 4.34. The highest BCUT2D eigenvalue weighted by molar-refractivity contribution is 5.81. The largest absolute Gasteiger partial charge is 0.352 e. The molecule has 8 heteroatoms. The Hall–Kier alpha value is -2.69. The van der Waals surface area contributed by atoms with Gasteiger partial charge in [0.2, 0.25) is 11.6 Å². The van der Waals surface area contributed by atoms with Gasteiger partial charge >= 0.3 is 0 Å². The third kappa shape index (κ3) is 2.89. The Morgan fingerprint density at radius 3 is 2.96 bits per heavy atom. The highest BCUT2D eigenvalue weighted by Crippen LogP contribution is 2.29. The van der Waals surface area contributed by atoms with Gasteiger partial charge in [-0.25, -0.2) is 4.98 Å². The van der Waals surface area contributed by atoms with Crippen LogP contribution < -0.4 is 10.2 Å². The molecule has 1 aliphatic heterocycles. The van der Waals surface area contributed by atoms with Crippen LogP contribution in [0.5, 0.6) is 0 Å². The van der Waals surface area contributed by atoms with Gasteiger partial charge in [0.05, 0.1) is 12.0 Å². The highest BCUT2D eigenvalue weighted by Gasteiger charge is 2.37. The lowest BCUT2D eigenvalue weighted by Crippen LogP contribution is -2.42. The van der Waals surface area contributed by atoms with Crippen molar-refractivity contribution in [2.24, 2.45) is 17.8 Å². The van der Waals surface area contributed by atoms with E-state index in [2.05, 4.69) is 31.5 Å². The van der Waals surface area contributed by atoms with Crippen LogP contribution in [-0.4, -0.2) is 44.6 Å². The Labute approximate surface area is 140 Å². The SMILES string of the molecule is CC(C)[C@H](C#N)NC(=O)[C@H]1CN(c2nccn3cnnc23)C[C@H]1C. The van der Waals surface area contributed by atoms with E-state index in [0.29, 0.717) is 12.2 Å². The molecule has 1 aliphatic rings. The maximum absolute atomic E-state index is 12.6. The molecule has 2 aromatic rings. The lowest BCUT2D eigenvalue weighted by molar-refractivity contribution is -0.126. The van der Waals surface area contributed by atoms with E-state index in [0.717, 1.165) is 12.4 Å². The molecule has 8 nitrogen and oxygen atoms in total. The summed E-state index contributed by atoms with van der Waals surface area (Å²) in [5.74, 6) is 0.737. The molecule has 1 amide bonds. The molecule has 1 fully saturated rings. The van der Waals surface area contributed by atoms with E-state index in [1.54, 1.807) is 18.7 Å². The highest BCUT2D eigenvalue weighted by atomic mass is 16.2. The van der Waals surface area contributed by atoms with Crippen molar-refractivity contribution in [3.63, 3.8) is 0 Å². The molecule has 0 aromatic carbocycles. The maximum atomic E-state index is 12.6. The van der Waals surface area contributed by atoms with Crippen molar-refractivity contribution in [1.82, 2.24) is 24.9 Å². The topological polar surface area (TPSA) is 99.2 Å². The number of anilines is 1. The van der Waals surface area contributed by atoms with Crippen molar-refractivity contribution < 1.29 is 4.79 Å². The van der Waals surface area contributed by atoms with Crippen molar-refractivity contribution in [1.29, 1.82) is 5.26 Å². The van der Waals surface area contributed by atoms with E-state index in [4.69, 9.17) is 0 Å². The van der Waals surface area contributed by atoms with Crippen LogP contribution in [0.4, 0.5) is 5.82 Å². The summed E-state index contributed by atoms with van der Waals surface area (Å²) in [5.41, 5.74) is 0.683. The maximum Gasteiger partial charge on any atom is 0.226 e. The molecule has 0 bridgehead atoms. The fraction of sp³-hybridized carbons (Fsp3) is 0.562. The first kappa shape index (κ1) is 16.2. The van der Waals surface area contributed by atoms with Crippen molar-refractivity contribution in [2.75, 3.05) is 18.0 Å². The van der Waals surface area contributed by atoms with Gasteiger partial charge in [0, 0.05) is 25.5 Å². The van der Waals surface area contributed by atoms with E-state index in [1.165, 1.54) is 0 Å². The number of carbonyl (C=O) groups excluding carboxylic acids is 1. The fourth-order valence-electron chi connectivity index (χ4n) is 3.06. The Balaban J connectivity index is 1.76. The zero-order valence-corrected chi connectivity index (χ0v) is 14.0. The number of nitrogens with one attached hydrogen (secondary N) is 1. The summed E-state index contributed by atoms with van der Waals surface area (Å²) >= 11 is 0. The molecule has 1 saturated heterocycles. The van der Waals surface area contributed by atoms with Crippen LogP contribution in [0.3, 0.4) is 0 Å². The van der Waals surface area contributed by atoms with Crippen LogP contribution in [0.1, 0.15) is 20.8 Å². The van der Waals surface area contributed by atoms with Gasteiger partial charge in [-0.2, -0.15) is 5.26 Å². The van der Waals surface area contributed by atoms with Crippen LogP contribution >= 0.6 is 0 Å². The summed E-state index contributed by atoms with van der Waals surface area (Å²) in [6.45, 7) is 7.17. The number of hydrogen-bond acceptors (Lipinski definition) is 6. The van der Waals surface area contributed by atoms with Gasteiger partial charge in [-0.3, -0.25) is 9.20 Å². The molecule has 0 aliphatic carbocycles. The molecule has 0 radical (unpaired) electrons. The molecule has 24 heavy (non-hydrogen) atoms. The monoisotopic (exact) mass is 327 g/mol. The average Bonchev–Trinajstić information content (AvgIpc) is 3.18. The summed E-state index contributed by atoms with van der Waals surface area (Å²) in [5, 5.41) is 20.1. The third-order valence-electron chi connectivity index (χ3n) is 4.55. The second kappa shape index (κ2) is 6.43. The Bertz CT molecular complexity index is 778. The van der Waals surface area contributed by atoms with Crippen molar-refractivity contribution in [3.05, 3.63) is 18.7 Å². The van der Waals surface area contributed by atoms with Gasteiger partial charge in [-0.05, 0) is 11.8 Å². The second-order valence-corrected chi connectivity index (χ2v) is 6.66. The first-order valence-electron chi connectivity index (χ1n) is 8.10. The smallest absolute Gasteiger partial charge is 0.226 e. The van der Waals surface area contributed by atoms with Crippen LogP contribution in [0.2, 0.25) is 0 Å². The van der Waals surface area contributed by atoms with Gasteiger partial charge in [0.15, 0.2) is 5.82 Å². The summed E-state index contributed by atoms with van der Waals surface area (Å²) in [4.78, 5) is 19.1. The minimum absolute atomic E-state index is 0.0707. The summed E-state index contributed by atoms with van der Waals surface area (Å²) in [6.07, 6.45) is 5.13. The van der Waals surface area contributed by atoms with Crippen molar-refractivity contribution in [2.45, 2.75) is 26.8 Å². The van der Waals surface area contributed by atoms with Gasteiger partial charge in [-0.1, -0.05) is 20.8 Å². The molecule has 1 N–H and O–H groups in total. The first-order chi connectivity index (χ1) is 11.5. The third-order valence-corrected chi connectivity index (χ3v) is 4.55. The van der Waals surface area contributed by atoms with Gasteiger partial charge < -0.3 is 10.2 Å². The molecule has 3 atom stereocenters. The normalized spacial score (nSPS) is 21.9. The average molecular weight is 327 g/mol. The quantitative estimate of drug-likeness (QED) is 0.894. The molecule has 0 saturated carbocycles. The summed E-state index contributed by atoms with van der Waals surface area (Å²) in [7, 11) is 0. The lowest BCUT2D eigenvalue weighted by atomic mass is 9.96. The van der Waals surface area contributed by atoms with Crippen LogP contribution in [-0.2, 0) is 4.79 Å². The fourth-order valence-corrected chi connectivity index (χ4v) is 3.06. The number of aromatic nitrogens is 4. The minimum atomic E-state index is -0.461. The van der Waals surface area contributed by atoms with Crippen LogP contribution in [0.15, 0.2) is 18.7 Å². The lowest BCUT2D eigenvalue weighted by Gasteiger charge is -2.20. The first-order valence-corrected chi connectivity index (χ1v) is 8.10. The van der Waals surface area contributed by atoms with E-state index >= 15 is 0 Å². The van der Waals surface area contributed by atoms with Crippen molar-refractivity contribution >= 4 is 17.4 Å². The number of carbonyl (C=O) groups is 1. The standard InChI is InChI=1S/C16H21N7O/c1-10(2)13(6-17)20-16(24)12-8-23(7-11(12)3)14-15-21-19-9-22(15)5-4-18-14/h4-5,9-13H,7-8H2,1-3H3,(H,20,24)/t11-,12+,13+/m1/s1. The summed E-state index contributed by atoms with van der Waals surface area (Å²) < 4.78 is 1.81. The predicted molar refractivity (Wildman–Crippen MR) is 88.0 cm³/mol. The zero-order chi connectivity index (χ0) is 17.3. The van der Waals surface area contributed by atoms with Gasteiger partial charge in [0.25, 0.3) is 0 Å². The van der Waals surface area contributed by atoms with E-state index in [-0.39, 0.29) is 23.7 Å². The Morgan fingerprint density at radius 1 is 1.46 bits per heavy atom. The zero-order valence-electron chi connectivity index (χ0n) is 14.0. The molecular formula is C16H21N7O. The van der Waals surface area contributed by atoms with E-state index in [9.17, 15) is 10.1 Å². The van der Waals surface area contributed by atoms with E-state index < -0.39 is 6.04 Å². The Morgan fingerprint density at radius 2 is 2.25 bits per heavy atom. The molecule has 126 valence electrons. The van der Waals surface area contributed by atoms with E-state index in [1.807, 2.05) is 25.2 Å². The summed E-state index contributed by atoms with van der Waals surface area (Å²) in [6, 6.07) is 1.69. The molecular weight excluding hydrogens is 306 g/mol. The molecule has 0 spiro atoms. The number of hydrogen-bond donors (Lipinski definition) is 1. The molecule has 2 aromatic heterocycles. The number of fused-ring (bicyclic) bond motifs is 1. The molecule has 3 rings (SSSR count). The minimum Gasteiger partial charge on any atom is -0.352 e.